The van der Waals surface area contributed by atoms with E-state index in [1.165, 1.54) is 32.1 Å². The summed E-state index contributed by atoms with van der Waals surface area (Å²) in [5.74, 6) is 0.961. The molecule has 0 saturated heterocycles. The smallest absolute Gasteiger partial charge is 0.0294 e. The van der Waals surface area contributed by atoms with E-state index in [1.54, 1.807) is 5.57 Å². The van der Waals surface area contributed by atoms with Crippen molar-refractivity contribution in [2.75, 3.05) is 0 Å². The molecule has 0 heterocycles. The van der Waals surface area contributed by atoms with Crippen molar-refractivity contribution >= 4 is 0 Å². The zero-order valence-corrected chi connectivity index (χ0v) is 7.19. The van der Waals surface area contributed by atoms with Gasteiger partial charge < -0.3 is 0 Å². The molecule has 1 atom stereocenters. The maximum Gasteiger partial charge on any atom is -0.0294 e. The maximum atomic E-state index is 2.45. The number of rotatable bonds is 2. The van der Waals surface area contributed by atoms with Crippen LogP contribution in [0.15, 0.2) is 11.6 Å². The third-order valence-corrected chi connectivity index (χ3v) is 2.29. The van der Waals surface area contributed by atoms with E-state index in [0.29, 0.717) is 0 Å². The van der Waals surface area contributed by atoms with Crippen LogP contribution in [-0.4, -0.2) is 0 Å². The molecule has 0 amide bonds. The summed E-state index contributed by atoms with van der Waals surface area (Å²) >= 11 is 0. The third kappa shape index (κ3) is 2.17. The molecular weight excluding hydrogens is 120 g/mol. The normalized spacial score (nSPS) is 29.8. The predicted molar refractivity (Wildman–Crippen MR) is 46.0 cm³/mol. The van der Waals surface area contributed by atoms with Gasteiger partial charge in [0.15, 0.2) is 0 Å². The highest BCUT2D eigenvalue weighted by molar-refractivity contribution is 5.07. The highest BCUT2D eigenvalue weighted by atomic mass is 14.2. The average molecular weight is 138 g/mol. The highest BCUT2D eigenvalue weighted by Crippen LogP contribution is 2.29. The molecule has 1 saturated carbocycles. The van der Waals surface area contributed by atoms with Crippen LogP contribution >= 0.6 is 0 Å². The van der Waals surface area contributed by atoms with Crippen LogP contribution in [0.5, 0.6) is 0 Å². The molecule has 0 bridgehead atoms. The minimum absolute atomic E-state index is 0.961. The minimum atomic E-state index is 0.961. The van der Waals surface area contributed by atoms with Crippen molar-refractivity contribution in [3.8, 4) is 0 Å². The highest BCUT2D eigenvalue weighted by Gasteiger charge is 2.13. The summed E-state index contributed by atoms with van der Waals surface area (Å²) in [6, 6.07) is 0. The van der Waals surface area contributed by atoms with E-state index in [9.17, 15) is 0 Å². The first-order chi connectivity index (χ1) is 4.83. The Balaban J connectivity index is 2.29. The molecule has 10 heavy (non-hydrogen) atoms. The molecule has 1 aliphatic rings. The quantitative estimate of drug-likeness (QED) is 0.512. The molecule has 0 nitrogen and oxygen atoms in total. The van der Waals surface area contributed by atoms with Crippen LogP contribution in [0, 0.1) is 5.92 Å². The topological polar surface area (TPSA) is 0 Å². The van der Waals surface area contributed by atoms with Crippen molar-refractivity contribution in [2.45, 2.75) is 46.0 Å². The Morgan fingerprint density at radius 3 is 2.90 bits per heavy atom. The van der Waals surface area contributed by atoms with Gasteiger partial charge in [-0.25, -0.2) is 0 Å². The van der Waals surface area contributed by atoms with Gasteiger partial charge in [-0.3, -0.25) is 0 Å². The van der Waals surface area contributed by atoms with Gasteiger partial charge in [-0.15, -0.1) is 0 Å². The number of unbranched alkanes of at least 4 members (excludes halogenated alkanes) is 1. The van der Waals surface area contributed by atoms with Gasteiger partial charge in [0.2, 0.25) is 0 Å². The molecule has 0 aliphatic heterocycles. The first-order valence-corrected chi connectivity index (χ1v) is 4.50. The summed E-state index contributed by atoms with van der Waals surface area (Å²) in [5.41, 5.74) is 1.72. The first kappa shape index (κ1) is 7.84. The van der Waals surface area contributed by atoms with Gasteiger partial charge in [-0.1, -0.05) is 31.9 Å². The Labute approximate surface area is 64.3 Å². The Bertz CT molecular complexity index is 122. The molecule has 0 N–H and O–H groups in total. The first-order valence-electron chi connectivity index (χ1n) is 4.50. The molecule has 58 valence electrons. The van der Waals surface area contributed by atoms with Gasteiger partial charge in [0.25, 0.3) is 0 Å². The van der Waals surface area contributed by atoms with Gasteiger partial charge in [0, 0.05) is 0 Å². The second kappa shape index (κ2) is 3.80. The van der Waals surface area contributed by atoms with Gasteiger partial charge in [-0.2, -0.15) is 0 Å². The molecule has 0 heteroatoms. The molecule has 0 radical (unpaired) electrons. The van der Waals surface area contributed by atoms with E-state index in [2.05, 4.69) is 19.9 Å². The van der Waals surface area contributed by atoms with Crippen LogP contribution in [0.25, 0.3) is 0 Å². The number of hydrogen-bond donors (Lipinski definition) is 0. The van der Waals surface area contributed by atoms with Crippen LogP contribution in [-0.2, 0) is 0 Å². The molecular formula is C10H18. The number of allylic oxidation sites excluding steroid dienone is 2. The molecule has 0 spiro atoms. The van der Waals surface area contributed by atoms with E-state index < -0.39 is 0 Å². The Morgan fingerprint density at radius 1 is 1.60 bits per heavy atom. The van der Waals surface area contributed by atoms with Crippen molar-refractivity contribution in [3.05, 3.63) is 11.6 Å². The van der Waals surface area contributed by atoms with Crippen molar-refractivity contribution in [2.24, 2.45) is 5.92 Å². The van der Waals surface area contributed by atoms with Crippen molar-refractivity contribution in [1.29, 1.82) is 0 Å². The zero-order valence-electron chi connectivity index (χ0n) is 7.19. The van der Waals surface area contributed by atoms with Crippen LogP contribution in [0.3, 0.4) is 0 Å². The van der Waals surface area contributed by atoms with Crippen molar-refractivity contribution in [1.82, 2.24) is 0 Å². The summed E-state index contributed by atoms with van der Waals surface area (Å²) in [5, 5.41) is 0. The Kier molecular flexibility index (Phi) is 2.98. The lowest BCUT2D eigenvalue weighted by Crippen LogP contribution is -1.80. The summed E-state index contributed by atoms with van der Waals surface area (Å²) in [6.07, 6.45) is 9.22. The summed E-state index contributed by atoms with van der Waals surface area (Å²) < 4.78 is 0. The third-order valence-electron chi connectivity index (χ3n) is 2.29. The fourth-order valence-corrected chi connectivity index (χ4v) is 1.62. The van der Waals surface area contributed by atoms with E-state index >= 15 is 0 Å². The lowest BCUT2D eigenvalue weighted by molar-refractivity contribution is 0.620. The molecule has 1 fully saturated rings. The van der Waals surface area contributed by atoms with Gasteiger partial charge in [0.05, 0.1) is 0 Å². The minimum Gasteiger partial charge on any atom is -0.0853 e. The molecule has 1 unspecified atom stereocenters. The summed E-state index contributed by atoms with van der Waals surface area (Å²) in [6.45, 7) is 4.60. The Morgan fingerprint density at radius 2 is 2.40 bits per heavy atom. The lowest BCUT2D eigenvalue weighted by Gasteiger charge is -1.95. The fraction of sp³-hybridized carbons (Fsp3) is 0.800. The SMILES string of the molecule is CCCC=C1CCC(C)C1. The second-order valence-corrected chi connectivity index (χ2v) is 3.50. The molecule has 1 rings (SSSR count). The van der Waals surface area contributed by atoms with Crippen LogP contribution in [0.2, 0.25) is 0 Å². The van der Waals surface area contributed by atoms with E-state index in [4.69, 9.17) is 0 Å². The van der Waals surface area contributed by atoms with Gasteiger partial charge in [-0.05, 0) is 31.6 Å². The predicted octanol–water partition coefficient (Wildman–Crippen LogP) is 3.53. The monoisotopic (exact) mass is 138 g/mol. The fourth-order valence-electron chi connectivity index (χ4n) is 1.62. The van der Waals surface area contributed by atoms with E-state index in [1.807, 2.05) is 0 Å². The average Bonchev–Trinajstić information content (AvgIpc) is 2.31. The van der Waals surface area contributed by atoms with Gasteiger partial charge in [0.1, 0.15) is 0 Å². The van der Waals surface area contributed by atoms with Gasteiger partial charge >= 0.3 is 0 Å². The van der Waals surface area contributed by atoms with Crippen LogP contribution < -0.4 is 0 Å². The lowest BCUT2D eigenvalue weighted by atomic mass is 10.1. The summed E-state index contributed by atoms with van der Waals surface area (Å²) in [7, 11) is 0. The zero-order chi connectivity index (χ0) is 7.40. The second-order valence-electron chi connectivity index (χ2n) is 3.50. The van der Waals surface area contributed by atoms with Crippen molar-refractivity contribution in [3.63, 3.8) is 0 Å². The molecule has 1 aliphatic carbocycles. The largest absolute Gasteiger partial charge is 0.0853 e. The van der Waals surface area contributed by atoms with E-state index in [0.717, 1.165) is 5.92 Å². The Hall–Kier alpha value is -0.260. The van der Waals surface area contributed by atoms with Crippen LogP contribution in [0.4, 0.5) is 0 Å². The van der Waals surface area contributed by atoms with E-state index in [-0.39, 0.29) is 0 Å². The standard InChI is InChI=1S/C10H18/c1-3-4-5-10-7-6-9(2)8-10/h5,9H,3-4,6-8H2,1-2H3. The molecule has 0 aromatic rings. The molecule has 0 aromatic heterocycles. The molecule has 0 aromatic carbocycles. The summed E-state index contributed by atoms with van der Waals surface area (Å²) in [4.78, 5) is 0. The maximum absolute atomic E-state index is 2.45. The number of hydrogen-bond acceptors (Lipinski definition) is 0. The van der Waals surface area contributed by atoms with Crippen LogP contribution in [0.1, 0.15) is 46.0 Å². The van der Waals surface area contributed by atoms with Crippen molar-refractivity contribution < 1.29 is 0 Å².